The zero-order chi connectivity index (χ0) is 19.5. The number of nitrogens with one attached hydrogen (secondary N) is 1. The van der Waals surface area contributed by atoms with Gasteiger partial charge in [-0.25, -0.2) is 4.98 Å². The van der Waals surface area contributed by atoms with E-state index in [4.69, 9.17) is 16.3 Å². The van der Waals surface area contributed by atoms with Gasteiger partial charge in [0, 0.05) is 10.4 Å². The molecule has 1 heterocycles. The van der Waals surface area contributed by atoms with Crippen LogP contribution in [0.2, 0.25) is 5.02 Å². The predicted octanol–water partition coefficient (Wildman–Crippen LogP) is 5.21. The van der Waals surface area contributed by atoms with E-state index in [2.05, 4.69) is 10.3 Å². The number of hydrogen-bond acceptors (Lipinski definition) is 4. The van der Waals surface area contributed by atoms with Gasteiger partial charge in [0.05, 0.1) is 30.3 Å². The topological polar surface area (TPSA) is 51.2 Å². The zero-order valence-electron chi connectivity index (χ0n) is 15.6. The van der Waals surface area contributed by atoms with Crippen LogP contribution in [-0.4, -0.2) is 17.5 Å². The number of thiazole rings is 1. The molecule has 1 amide bonds. The standard InChI is InChI=1S/C22H21ClN2O2S/c1-2-27-20-6-4-3-5-18(20)22-24-16(13-28-22)12-21(26)25-19-10-7-14-11-15(23)8-9-17(14)19/h3-6,8-9,11,13,19H,2,7,10,12H2,1H3,(H,25,26). The van der Waals surface area contributed by atoms with Gasteiger partial charge in [0.25, 0.3) is 0 Å². The van der Waals surface area contributed by atoms with Gasteiger partial charge >= 0.3 is 0 Å². The molecule has 1 aliphatic rings. The average Bonchev–Trinajstić information content (AvgIpc) is 3.29. The minimum atomic E-state index is -0.0113. The van der Waals surface area contributed by atoms with Crippen molar-refractivity contribution in [2.24, 2.45) is 0 Å². The van der Waals surface area contributed by atoms with Crippen LogP contribution >= 0.6 is 22.9 Å². The van der Waals surface area contributed by atoms with Gasteiger partial charge in [-0.2, -0.15) is 0 Å². The van der Waals surface area contributed by atoms with Crippen LogP contribution in [-0.2, 0) is 17.6 Å². The Kier molecular flexibility index (Phi) is 5.64. The van der Waals surface area contributed by atoms with Gasteiger partial charge in [0.2, 0.25) is 5.91 Å². The quantitative estimate of drug-likeness (QED) is 0.604. The Morgan fingerprint density at radius 2 is 2.18 bits per heavy atom. The van der Waals surface area contributed by atoms with Crippen molar-refractivity contribution in [3.8, 4) is 16.3 Å². The Morgan fingerprint density at radius 3 is 3.04 bits per heavy atom. The van der Waals surface area contributed by atoms with Gasteiger partial charge in [0.1, 0.15) is 10.8 Å². The molecule has 3 aromatic rings. The first-order valence-electron chi connectivity index (χ1n) is 9.38. The average molecular weight is 413 g/mol. The molecule has 0 saturated carbocycles. The number of rotatable bonds is 6. The number of aromatic nitrogens is 1. The Bertz CT molecular complexity index is 1000. The van der Waals surface area contributed by atoms with Crippen LogP contribution in [0, 0.1) is 0 Å². The van der Waals surface area contributed by atoms with Crippen molar-refractivity contribution in [2.75, 3.05) is 6.61 Å². The predicted molar refractivity (Wildman–Crippen MR) is 113 cm³/mol. The number of nitrogens with zero attached hydrogens (tertiary/aromatic N) is 1. The van der Waals surface area contributed by atoms with E-state index >= 15 is 0 Å². The summed E-state index contributed by atoms with van der Waals surface area (Å²) in [6.07, 6.45) is 2.12. The number of benzene rings is 2. The molecular weight excluding hydrogens is 392 g/mol. The van der Waals surface area contributed by atoms with Crippen LogP contribution in [0.15, 0.2) is 47.8 Å². The molecule has 144 valence electrons. The number of carbonyl (C=O) groups excluding carboxylic acids is 1. The minimum Gasteiger partial charge on any atom is -0.493 e. The minimum absolute atomic E-state index is 0.0113. The van der Waals surface area contributed by atoms with Crippen LogP contribution in [0.5, 0.6) is 5.75 Å². The summed E-state index contributed by atoms with van der Waals surface area (Å²) in [7, 11) is 0. The molecule has 0 radical (unpaired) electrons. The van der Waals surface area contributed by atoms with E-state index in [1.807, 2.05) is 54.8 Å². The molecule has 4 rings (SSSR count). The maximum atomic E-state index is 12.6. The molecule has 0 bridgehead atoms. The molecule has 0 saturated heterocycles. The van der Waals surface area contributed by atoms with Gasteiger partial charge in [-0.3, -0.25) is 4.79 Å². The normalized spacial score (nSPS) is 15.3. The lowest BCUT2D eigenvalue weighted by Crippen LogP contribution is -2.28. The van der Waals surface area contributed by atoms with Crippen molar-refractivity contribution < 1.29 is 9.53 Å². The highest BCUT2D eigenvalue weighted by molar-refractivity contribution is 7.13. The molecule has 28 heavy (non-hydrogen) atoms. The van der Waals surface area contributed by atoms with Crippen LogP contribution in [0.25, 0.3) is 10.6 Å². The van der Waals surface area contributed by atoms with E-state index in [9.17, 15) is 4.79 Å². The van der Waals surface area contributed by atoms with E-state index < -0.39 is 0 Å². The van der Waals surface area contributed by atoms with Crippen molar-refractivity contribution in [1.29, 1.82) is 0 Å². The Hall–Kier alpha value is -2.37. The van der Waals surface area contributed by atoms with Crippen molar-refractivity contribution in [2.45, 2.75) is 32.2 Å². The Labute approximate surface area is 173 Å². The molecular formula is C22H21ClN2O2S. The molecule has 0 spiro atoms. The van der Waals surface area contributed by atoms with Crippen molar-refractivity contribution >= 4 is 28.8 Å². The molecule has 4 nitrogen and oxygen atoms in total. The highest BCUT2D eigenvalue weighted by Crippen LogP contribution is 2.34. The smallest absolute Gasteiger partial charge is 0.226 e. The first kappa shape index (κ1) is 19.0. The van der Waals surface area contributed by atoms with Crippen molar-refractivity contribution in [1.82, 2.24) is 10.3 Å². The lowest BCUT2D eigenvalue weighted by atomic mass is 10.1. The summed E-state index contributed by atoms with van der Waals surface area (Å²) in [6, 6.07) is 13.8. The molecule has 1 aliphatic carbocycles. The molecule has 1 unspecified atom stereocenters. The monoisotopic (exact) mass is 412 g/mol. The zero-order valence-corrected chi connectivity index (χ0v) is 17.1. The van der Waals surface area contributed by atoms with Crippen molar-refractivity contribution in [3.05, 3.63) is 69.7 Å². The molecule has 2 aromatic carbocycles. The number of hydrogen-bond donors (Lipinski definition) is 1. The van der Waals surface area contributed by atoms with Gasteiger partial charge in [-0.1, -0.05) is 29.8 Å². The van der Waals surface area contributed by atoms with Crippen LogP contribution < -0.4 is 10.1 Å². The van der Waals surface area contributed by atoms with Crippen molar-refractivity contribution in [3.63, 3.8) is 0 Å². The Morgan fingerprint density at radius 1 is 1.32 bits per heavy atom. The van der Waals surface area contributed by atoms with Crippen LogP contribution in [0.3, 0.4) is 0 Å². The Balaban J connectivity index is 1.43. The number of ether oxygens (including phenoxy) is 1. The summed E-state index contributed by atoms with van der Waals surface area (Å²) in [5.41, 5.74) is 4.13. The molecule has 6 heteroatoms. The lowest BCUT2D eigenvalue weighted by Gasteiger charge is -2.13. The lowest BCUT2D eigenvalue weighted by molar-refractivity contribution is -0.121. The fourth-order valence-corrected chi connectivity index (χ4v) is 4.63. The maximum absolute atomic E-state index is 12.6. The van der Waals surface area contributed by atoms with E-state index in [0.717, 1.165) is 39.9 Å². The summed E-state index contributed by atoms with van der Waals surface area (Å²) in [5.74, 6) is 0.805. The second-order valence-corrected chi connectivity index (χ2v) is 8.05. The second kappa shape index (κ2) is 8.33. The highest BCUT2D eigenvalue weighted by Gasteiger charge is 2.24. The SMILES string of the molecule is CCOc1ccccc1-c1nc(CC(=O)NC2CCc3cc(Cl)ccc32)cs1. The molecule has 1 atom stereocenters. The number of aryl methyl sites for hydroxylation is 1. The molecule has 1 N–H and O–H groups in total. The summed E-state index contributed by atoms with van der Waals surface area (Å²) >= 11 is 7.60. The fraction of sp³-hybridized carbons (Fsp3) is 0.273. The number of amides is 1. The summed E-state index contributed by atoms with van der Waals surface area (Å²) in [4.78, 5) is 17.2. The largest absolute Gasteiger partial charge is 0.493 e. The first-order chi connectivity index (χ1) is 13.6. The third kappa shape index (κ3) is 4.05. The summed E-state index contributed by atoms with van der Waals surface area (Å²) < 4.78 is 5.69. The third-order valence-corrected chi connectivity index (χ3v) is 5.99. The van der Waals surface area contributed by atoms with E-state index in [-0.39, 0.29) is 18.4 Å². The van der Waals surface area contributed by atoms with Gasteiger partial charge in [-0.05, 0) is 55.2 Å². The van der Waals surface area contributed by atoms with Crippen LogP contribution in [0.1, 0.15) is 36.2 Å². The van der Waals surface area contributed by atoms with Gasteiger partial charge < -0.3 is 10.1 Å². The fourth-order valence-electron chi connectivity index (χ4n) is 3.58. The third-order valence-electron chi connectivity index (χ3n) is 4.83. The molecule has 1 aromatic heterocycles. The number of fused-ring (bicyclic) bond motifs is 1. The number of halogens is 1. The maximum Gasteiger partial charge on any atom is 0.226 e. The van der Waals surface area contributed by atoms with Gasteiger partial charge in [0.15, 0.2) is 0 Å². The van der Waals surface area contributed by atoms with E-state index in [1.54, 1.807) is 0 Å². The van der Waals surface area contributed by atoms with E-state index in [0.29, 0.717) is 6.61 Å². The number of para-hydroxylation sites is 1. The molecule has 0 aliphatic heterocycles. The van der Waals surface area contributed by atoms with Crippen LogP contribution in [0.4, 0.5) is 0 Å². The number of carbonyl (C=O) groups is 1. The summed E-state index contributed by atoms with van der Waals surface area (Å²) in [5, 5.41) is 6.70. The highest BCUT2D eigenvalue weighted by atomic mass is 35.5. The summed E-state index contributed by atoms with van der Waals surface area (Å²) in [6.45, 7) is 2.56. The second-order valence-electron chi connectivity index (χ2n) is 6.75. The molecule has 0 fully saturated rings. The van der Waals surface area contributed by atoms with Gasteiger partial charge in [-0.15, -0.1) is 11.3 Å². The van der Waals surface area contributed by atoms with E-state index in [1.165, 1.54) is 22.5 Å². The first-order valence-corrected chi connectivity index (χ1v) is 10.6.